The molecule has 0 fully saturated rings. The molecule has 0 amide bonds. The second-order valence-corrected chi connectivity index (χ2v) is 16.9. The third kappa shape index (κ3) is 18.9. The van der Waals surface area contributed by atoms with Gasteiger partial charge in [0.2, 0.25) is 0 Å². The molecule has 2 unspecified atom stereocenters. The van der Waals surface area contributed by atoms with Gasteiger partial charge in [0.1, 0.15) is 0 Å². The Kier molecular flexibility index (Phi) is 22.4. The van der Waals surface area contributed by atoms with Crippen LogP contribution >= 0.6 is 0 Å². The fraction of sp³-hybridized carbons (Fsp3) is 0.592. The molecule has 0 N–H and O–H groups in total. The summed E-state index contributed by atoms with van der Waals surface area (Å²) in [7, 11) is 0. The monoisotopic (exact) mass is 787 g/mol. The Bertz CT molecular complexity index is 1660. The van der Waals surface area contributed by atoms with Crippen molar-refractivity contribution >= 4 is 0 Å². The molecule has 6 nitrogen and oxygen atoms in total. The van der Waals surface area contributed by atoms with Gasteiger partial charge in [0.05, 0.1) is 13.2 Å². The smallest absolute Gasteiger partial charge is 0.165 e. The first-order valence-electron chi connectivity index (χ1n) is 22.0. The van der Waals surface area contributed by atoms with Crippen molar-refractivity contribution in [1.29, 1.82) is 0 Å². The van der Waals surface area contributed by atoms with E-state index in [1.54, 1.807) is 12.1 Å². The van der Waals surface area contributed by atoms with Crippen molar-refractivity contribution in [3.63, 3.8) is 0 Å². The summed E-state index contributed by atoms with van der Waals surface area (Å²) in [6.07, 6.45) is 24.6. The minimum Gasteiger partial charge on any atom is -0.491 e. The molecule has 0 radical (unpaired) electrons. The van der Waals surface area contributed by atoms with Crippen molar-refractivity contribution in [2.75, 3.05) is 13.2 Å². The molecule has 4 aromatic rings. The number of rotatable bonds is 25. The van der Waals surface area contributed by atoms with Crippen LogP contribution in [0.5, 0.6) is 11.5 Å². The van der Waals surface area contributed by atoms with Gasteiger partial charge in [-0.15, -0.1) is 0 Å². The summed E-state index contributed by atoms with van der Waals surface area (Å²) < 4.78 is 39.7. The molecule has 0 saturated carbocycles. The van der Waals surface area contributed by atoms with E-state index in [9.17, 15) is 8.78 Å². The Labute approximate surface area is 344 Å². The summed E-state index contributed by atoms with van der Waals surface area (Å²) in [6.45, 7) is 19.0. The van der Waals surface area contributed by atoms with E-state index < -0.39 is 0 Å². The quantitative estimate of drug-likeness (QED) is 0.0623. The van der Waals surface area contributed by atoms with Crippen molar-refractivity contribution in [1.82, 2.24) is 19.9 Å². The summed E-state index contributed by atoms with van der Waals surface area (Å²) in [5.41, 5.74) is 3.63. The van der Waals surface area contributed by atoms with Crippen molar-refractivity contribution in [3.05, 3.63) is 83.9 Å². The van der Waals surface area contributed by atoms with Gasteiger partial charge < -0.3 is 9.47 Å². The number of nitrogens with zero attached hydrogens (tertiary/aromatic N) is 4. The second kappa shape index (κ2) is 26.9. The van der Waals surface area contributed by atoms with Gasteiger partial charge in [-0.3, -0.25) is 0 Å². The first-order valence-corrected chi connectivity index (χ1v) is 22.0. The Morgan fingerprint density at radius 1 is 0.491 bits per heavy atom. The molecule has 0 aliphatic heterocycles. The molecule has 4 rings (SSSR count). The van der Waals surface area contributed by atoms with Crippen molar-refractivity contribution < 1.29 is 18.3 Å². The lowest BCUT2D eigenvalue weighted by molar-refractivity contribution is 0.290. The lowest BCUT2D eigenvalue weighted by atomic mass is 9.95. The first kappa shape index (κ1) is 47.4. The van der Waals surface area contributed by atoms with E-state index in [1.807, 2.05) is 36.9 Å². The van der Waals surface area contributed by atoms with E-state index in [0.717, 1.165) is 67.9 Å². The molecular formula is C49H72F2N4O2. The molecule has 0 spiro atoms. The molecule has 0 bridgehead atoms. The number of unbranched alkanes of at least 4 members (excludes halogenated alkanes) is 5. The van der Waals surface area contributed by atoms with Crippen LogP contribution in [0, 0.1) is 35.3 Å². The zero-order valence-electron chi connectivity index (χ0n) is 36.5. The number of ether oxygens (including phenoxy) is 2. The van der Waals surface area contributed by atoms with Crippen LogP contribution < -0.4 is 9.47 Å². The third-order valence-electron chi connectivity index (χ3n) is 10.2. The van der Waals surface area contributed by atoms with Crippen molar-refractivity contribution in [3.8, 4) is 34.3 Å². The van der Waals surface area contributed by atoms with Crippen LogP contribution in [0.15, 0.2) is 61.2 Å². The molecule has 2 heterocycles. The highest BCUT2D eigenvalue weighted by Gasteiger charge is 2.12. The molecule has 2 aromatic carbocycles. The van der Waals surface area contributed by atoms with Gasteiger partial charge in [-0.25, -0.2) is 28.7 Å². The fourth-order valence-corrected chi connectivity index (χ4v) is 6.74. The van der Waals surface area contributed by atoms with Crippen LogP contribution in [0.4, 0.5) is 8.78 Å². The van der Waals surface area contributed by atoms with E-state index in [1.165, 1.54) is 63.5 Å². The van der Waals surface area contributed by atoms with E-state index >= 15 is 0 Å². The van der Waals surface area contributed by atoms with Crippen molar-refractivity contribution in [2.45, 2.75) is 152 Å². The molecule has 57 heavy (non-hydrogen) atoms. The first-order chi connectivity index (χ1) is 27.5. The van der Waals surface area contributed by atoms with E-state index in [-0.39, 0.29) is 11.6 Å². The minimum absolute atomic E-state index is 0.298. The maximum atomic E-state index is 14.4. The average Bonchev–Trinajstić information content (AvgIpc) is 3.18. The van der Waals surface area contributed by atoms with Gasteiger partial charge in [0.25, 0.3) is 0 Å². The van der Waals surface area contributed by atoms with Crippen LogP contribution in [0.2, 0.25) is 0 Å². The maximum Gasteiger partial charge on any atom is 0.165 e. The van der Waals surface area contributed by atoms with Crippen LogP contribution in [-0.2, 0) is 12.8 Å². The minimum atomic E-state index is -0.361. The summed E-state index contributed by atoms with van der Waals surface area (Å²) in [4.78, 5) is 17.8. The van der Waals surface area contributed by atoms with Crippen LogP contribution in [0.3, 0.4) is 0 Å². The number of benzene rings is 2. The molecule has 8 heteroatoms. The highest BCUT2D eigenvalue weighted by Crippen LogP contribution is 2.26. The lowest BCUT2D eigenvalue weighted by Crippen LogP contribution is -2.03. The summed E-state index contributed by atoms with van der Waals surface area (Å²) in [6, 6.07) is 9.92. The van der Waals surface area contributed by atoms with Gasteiger partial charge in [0, 0.05) is 35.9 Å². The van der Waals surface area contributed by atoms with Crippen molar-refractivity contribution in [2.24, 2.45) is 23.7 Å². The highest BCUT2D eigenvalue weighted by molar-refractivity contribution is 5.57. The highest BCUT2D eigenvalue weighted by atomic mass is 19.1. The van der Waals surface area contributed by atoms with Crippen LogP contribution in [0.25, 0.3) is 22.8 Å². The average molecular weight is 787 g/mol. The number of aromatic nitrogens is 4. The fourth-order valence-electron chi connectivity index (χ4n) is 6.74. The summed E-state index contributed by atoms with van der Waals surface area (Å²) >= 11 is 0. The third-order valence-corrected chi connectivity index (χ3v) is 10.2. The largest absolute Gasteiger partial charge is 0.491 e. The number of hydrogen-bond donors (Lipinski definition) is 0. The Hall–Kier alpha value is -3.94. The summed E-state index contributed by atoms with van der Waals surface area (Å²) in [5, 5.41) is 0. The van der Waals surface area contributed by atoms with E-state index in [4.69, 9.17) is 9.47 Å². The van der Waals surface area contributed by atoms with Gasteiger partial charge in [-0.2, -0.15) is 0 Å². The van der Waals surface area contributed by atoms with Crippen LogP contribution in [0.1, 0.15) is 150 Å². The molecule has 0 aliphatic rings. The molecule has 0 aliphatic carbocycles. The SMILES string of the molecule is CCCCCCOc1ccc(-c2ncc(CC(C)CCCC(C)C)cn2)cc1F.CCCCCOc1ccc(-c2ncc(CC(C)CCCC(C)C)cn2)cc1F. The Morgan fingerprint density at radius 3 is 1.25 bits per heavy atom. The molecule has 314 valence electrons. The van der Waals surface area contributed by atoms with Crippen LogP contribution in [-0.4, -0.2) is 33.1 Å². The normalized spacial score (nSPS) is 12.4. The standard InChI is InChI=1S/C25H37FN2O.C24H35FN2O/c1-5-6-7-8-14-29-24-13-12-22(16-23(24)26)25-27-17-21(18-28-25)15-20(4)11-9-10-19(2)3;1-5-6-7-13-28-23-12-11-21(15-22(23)25)24-26-16-20(17-27-24)14-19(4)10-8-9-18(2)3/h12-13,16-20H,5-11,14-15H2,1-4H3;11-12,15-19H,5-10,13-14H2,1-4H3. The van der Waals surface area contributed by atoms with Gasteiger partial charge in [-0.05, 0) is 96.9 Å². The van der Waals surface area contributed by atoms with Gasteiger partial charge >= 0.3 is 0 Å². The summed E-state index contributed by atoms with van der Waals surface area (Å²) in [5.74, 6) is 3.76. The predicted molar refractivity (Wildman–Crippen MR) is 233 cm³/mol. The second-order valence-electron chi connectivity index (χ2n) is 16.9. The Morgan fingerprint density at radius 2 is 0.877 bits per heavy atom. The number of halogens is 2. The molecular weight excluding hydrogens is 715 g/mol. The van der Waals surface area contributed by atoms with E-state index in [0.29, 0.717) is 59.3 Å². The molecule has 2 aromatic heterocycles. The molecule has 0 saturated heterocycles. The lowest BCUT2D eigenvalue weighted by Gasteiger charge is -2.12. The number of hydrogen-bond acceptors (Lipinski definition) is 6. The van der Waals surface area contributed by atoms with Gasteiger partial charge in [-0.1, -0.05) is 126 Å². The molecule has 2 atom stereocenters. The maximum absolute atomic E-state index is 14.4. The zero-order valence-corrected chi connectivity index (χ0v) is 36.5. The van der Waals surface area contributed by atoms with Gasteiger partial charge in [0.15, 0.2) is 34.8 Å². The van der Waals surface area contributed by atoms with E-state index in [2.05, 4.69) is 75.3 Å². The zero-order chi connectivity index (χ0) is 41.4. The topological polar surface area (TPSA) is 70.0 Å². The predicted octanol–water partition coefficient (Wildman–Crippen LogP) is 14.1. The Balaban J connectivity index is 0.000000306.